The summed E-state index contributed by atoms with van der Waals surface area (Å²) >= 11 is 2.83. The maximum atomic E-state index is 12.3. The van der Waals surface area contributed by atoms with E-state index in [1.165, 1.54) is 11.8 Å². The molecule has 0 aliphatic rings. The number of benzene rings is 1. The van der Waals surface area contributed by atoms with Crippen molar-refractivity contribution in [3.05, 3.63) is 60.0 Å². The Morgan fingerprint density at radius 2 is 2.07 bits per heavy atom. The number of thiophene rings is 1. The van der Waals surface area contributed by atoms with Crippen LogP contribution in [0.4, 0.5) is 5.69 Å². The van der Waals surface area contributed by atoms with Crippen molar-refractivity contribution in [3.8, 4) is 10.7 Å². The number of allylic oxidation sites excluding steroid dienone is 1. The number of carbonyl (C=O) groups excluding carboxylic acids is 2. The molecule has 0 unspecified atom stereocenters. The van der Waals surface area contributed by atoms with Crippen molar-refractivity contribution >= 4 is 40.6 Å². The minimum Gasteiger partial charge on any atom is -0.366 e. The third-order valence-corrected chi connectivity index (χ3v) is 5.40. The van der Waals surface area contributed by atoms with E-state index < -0.39 is 5.91 Å². The quantitative estimate of drug-likeness (QED) is 0.448. The number of carbonyl (C=O) groups is 2. The van der Waals surface area contributed by atoms with E-state index in [9.17, 15) is 9.59 Å². The van der Waals surface area contributed by atoms with Gasteiger partial charge < -0.3 is 11.1 Å². The number of rotatable bonds is 8. The lowest BCUT2D eigenvalue weighted by Crippen LogP contribution is -2.19. The number of nitrogens with zero attached hydrogens (tertiary/aromatic N) is 3. The van der Waals surface area contributed by atoms with Crippen LogP contribution in [0.15, 0.2) is 59.6 Å². The lowest BCUT2D eigenvalue weighted by Gasteiger charge is -2.09. The Labute approximate surface area is 164 Å². The van der Waals surface area contributed by atoms with Crippen molar-refractivity contribution in [1.29, 1.82) is 0 Å². The molecular formula is C18H17N5O2S2. The van der Waals surface area contributed by atoms with Gasteiger partial charge in [0.05, 0.1) is 21.9 Å². The molecule has 0 spiro atoms. The predicted octanol–water partition coefficient (Wildman–Crippen LogP) is 3.02. The zero-order chi connectivity index (χ0) is 19.2. The van der Waals surface area contributed by atoms with Crippen LogP contribution in [-0.2, 0) is 11.3 Å². The van der Waals surface area contributed by atoms with Crippen molar-refractivity contribution in [3.63, 3.8) is 0 Å². The normalized spacial score (nSPS) is 10.5. The van der Waals surface area contributed by atoms with Gasteiger partial charge in [0.1, 0.15) is 0 Å². The van der Waals surface area contributed by atoms with E-state index in [-0.39, 0.29) is 17.2 Å². The van der Waals surface area contributed by atoms with Gasteiger partial charge in [0.25, 0.3) is 5.91 Å². The Bertz CT molecular complexity index is 966. The Hall–Kier alpha value is -2.91. The predicted molar refractivity (Wildman–Crippen MR) is 108 cm³/mol. The molecule has 0 aliphatic carbocycles. The summed E-state index contributed by atoms with van der Waals surface area (Å²) < 4.78 is 1.91. The summed E-state index contributed by atoms with van der Waals surface area (Å²) in [4.78, 5) is 24.8. The van der Waals surface area contributed by atoms with Gasteiger partial charge >= 0.3 is 0 Å². The summed E-state index contributed by atoms with van der Waals surface area (Å²) in [6.45, 7) is 4.31. The molecule has 2 aromatic heterocycles. The molecule has 3 N–H and O–H groups in total. The topological polar surface area (TPSA) is 103 Å². The van der Waals surface area contributed by atoms with Crippen LogP contribution in [0.5, 0.6) is 0 Å². The zero-order valence-corrected chi connectivity index (χ0v) is 15.9. The lowest BCUT2D eigenvalue weighted by molar-refractivity contribution is -0.113. The Balaban J connectivity index is 1.71. The van der Waals surface area contributed by atoms with E-state index in [1.807, 2.05) is 22.1 Å². The molecule has 0 bridgehead atoms. The molecule has 3 aromatic rings. The molecule has 3 rings (SSSR count). The number of hydrogen-bond acceptors (Lipinski definition) is 6. The highest BCUT2D eigenvalue weighted by molar-refractivity contribution is 7.99. The highest BCUT2D eigenvalue weighted by Gasteiger charge is 2.16. The SMILES string of the molecule is C=CCn1c(SCC(=O)Nc2ccccc2C(N)=O)nnc1-c1cccs1. The van der Waals surface area contributed by atoms with Crippen LogP contribution in [-0.4, -0.2) is 32.3 Å². The number of thioether (sulfide) groups is 1. The smallest absolute Gasteiger partial charge is 0.250 e. The van der Waals surface area contributed by atoms with Gasteiger partial charge in [-0.1, -0.05) is 36.0 Å². The second kappa shape index (κ2) is 8.65. The second-order valence-electron chi connectivity index (χ2n) is 5.43. The van der Waals surface area contributed by atoms with Gasteiger partial charge in [-0.3, -0.25) is 14.2 Å². The molecular weight excluding hydrogens is 382 g/mol. The molecule has 1 aromatic carbocycles. The summed E-state index contributed by atoms with van der Waals surface area (Å²) in [5, 5.41) is 13.7. The van der Waals surface area contributed by atoms with Crippen molar-refractivity contribution in [2.24, 2.45) is 5.73 Å². The van der Waals surface area contributed by atoms with Gasteiger partial charge in [-0.15, -0.1) is 28.1 Å². The molecule has 138 valence electrons. The van der Waals surface area contributed by atoms with Crippen LogP contribution in [0, 0.1) is 0 Å². The minimum absolute atomic E-state index is 0.118. The van der Waals surface area contributed by atoms with E-state index in [4.69, 9.17) is 5.73 Å². The first kappa shape index (κ1) is 18.9. The molecule has 0 atom stereocenters. The summed E-state index contributed by atoms with van der Waals surface area (Å²) in [6.07, 6.45) is 1.76. The van der Waals surface area contributed by atoms with Crippen molar-refractivity contribution in [2.75, 3.05) is 11.1 Å². The summed E-state index contributed by atoms with van der Waals surface area (Å²) in [7, 11) is 0. The van der Waals surface area contributed by atoms with E-state index in [0.717, 1.165) is 10.7 Å². The maximum absolute atomic E-state index is 12.3. The summed E-state index contributed by atoms with van der Waals surface area (Å²) in [5.74, 6) is 0.00331. The number of amides is 2. The van der Waals surface area contributed by atoms with Crippen LogP contribution in [0.25, 0.3) is 10.7 Å². The number of para-hydroxylation sites is 1. The number of anilines is 1. The third-order valence-electron chi connectivity index (χ3n) is 3.57. The first-order chi connectivity index (χ1) is 13.1. The minimum atomic E-state index is -0.593. The Morgan fingerprint density at radius 3 is 2.78 bits per heavy atom. The van der Waals surface area contributed by atoms with Gasteiger partial charge in [0, 0.05) is 6.54 Å². The van der Waals surface area contributed by atoms with Crippen molar-refractivity contribution < 1.29 is 9.59 Å². The fraction of sp³-hybridized carbons (Fsp3) is 0.111. The maximum Gasteiger partial charge on any atom is 0.250 e. The van der Waals surface area contributed by atoms with Crippen LogP contribution in [0.2, 0.25) is 0 Å². The first-order valence-corrected chi connectivity index (χ1v) is 9.86. The number of primary amides is 1. The Morgan fingerprint density at radius 1 is 1.26 bits per heavy atom. The molecule has 0 radical (unpaired) electrons. The molecule has 0 saturated carbocycles. The number of nitrogens with two attached hydrogens (primary N) is 1. The van der Waals surface area contributed by atoms with Gasteiger partial charge in [-0.05, 0) is 23.6 Å². The average Bonchev–Trinajstić information content (AvgIpc) is 3.30. The molecule has 9 heteroatoms. The molecule has 27 heavy (non-hydrogen) atoms. The number of aromatic nitrogens is 3. The fourth-order valence-electron chi connectivity index (χ4n) is 2.40. The van der Waals surface area contributed by atoms with Gasteiger partial charge in [-0.25, -0.2) is 0 Å². The van der Waals surface area contributed by atoms with Gasteiger partial charge in [0.15, 0.2) is 11.0 Å². The third kappa shape index (κ3) is 4.44. The zero-order valence-electron chi connectivity index (χ0n) is 14.3. The molecule has 0 aliphatic heterocycles. The molecule has 2 heterocycles. The van der Waals surface area contributed by atoms with Crippen LogP contribution in [0.3, 0.4) is 0 Å². The summed E-state index contributed by atoms with van der Waals surface area (Å²) in [5.41, 5.74) is 5.99. The largest absolute Gasteiger partial charge is 0.366 e. The average molecular weight is 400 g/mol. The van der Waals surface area contributed by atoms with Gasteiger partial charge in [-0.2, -0.15) is 0 Å². The molecule has 0 saturated heterocycles. The van der Waals surface area contributed by atoms with Crippen molar-refractivity contribution in [2.45, 2.75) is 11.7 Å². The lowest BCUT2D eigenvalue weighted by atomic mass is 10.1. The molecule has 0 fully saturated rings. The number of nitrogens with one attached hydrogen (secondary N) is 1. The highest BCUT2D eigenvalue weighted by Crippen LogP contribution is 2.27. The number of hydrogen-bond donors (Lipinski definition) is 2. The highest BCUT2D eigenvalue weighted by atomic mass is 32.2. The van der Waals surface area contributed by atoms with Crippen LogP contribution >= 0.6 is 23.1 Å². The van der Waals surface area contributed by atoms with E-state index in [1.54, 1.807) is 41.7 Å². The van der Waals surface area contributed by atoms with E-state index >= 15 is 0 Å². The van der Waals surface area contributed by atoms with Crippen molar-refractivity contribution in [1.82, 2.24) is 14.8 Å². The van der Waals surface area contributed by atoms with Crippen LogP contribution in [0.1, 0.15) is 10.4 Å². The van der Waals surface area contributed by atoms with E-state index in [0.29, 0.717) is 17.4 Å². The summed E-state index contributed by atoms with van der Waals surface area (Å²) in [6, 6.07) is 10.5. The second-order valence-corrected chi connectivity index (χ2v) is 7.32. The molecule has 7 nitrogen and oxygen atoms in total. The first-order valence-electron chi connectivity index (χ1n) is 7.99. The monoisotopic (exact) mass is 399 g/mol. The standard InChI is InChI=1S/C18H17N5O2S2/c1-2-9-23-17(14-8-5-10-26-14)21-22-18(23)27-11-15(24)20-13-7-4-3-6-12(13)16(19)25/h2-8,10H,1,9,11H2,(H2,19,25)(H,20,24). The fourth-order valence-corrected chi connectivity index (χ4v) is 3.87. The Kier molecular flexibility index (Phi) is 6.05. The van der Waals surface area contributed by atoms with E-state index in [2.05, 4.69) is 22.1 Å². The van der Waals surface area contributed by atoms with Crippen LogP contribution < -0.4 is 11.1 Å². The van der Waals surface area contributed by atoms with Gasteiger partial charge in [0.2, 0.25) is 5.91 Å². The molecule has 2 amide bonds.